The lowest BCUT2D eigenvalue weighted by Crippen LogP contribution is -2.26. The summed E-state index contributed by atoms with van der Waals surface area (Å²) in [7, 11) is 1.53. The maximum Gasteiger partial charge on any atom is 0.264 e. The van der Waals surface area contributed by atoms with Crippen molar-refractivity contribution in [3.63, 3.8) is 0 Å². The maximum absolute atomic E-state index is 14.2. The van der Waals surface area contributed by atoms with Crippen molar-refractivity contribution in [1.82, 2.24) is 24.5 Å². The number of nitrogens with two attached hydrogens (primary N) is 1. The van der Waals surface area contributed by atoms with E-state index in [0.717, 1.165) is 0 Å². The summed E-state index contributed by atoms with van der Waals surface area (Å²) in [6.45, 7) is 1.88. The van der Waals surface area contributed by atoms with Crippen LogP contribution in [0.5, 0.6) is 5.88 Å². The fourth-order valence-corrected chi connectivity index (χ4v) is 4.18. The molecule has 0 saturated carbocycles. The van der Waals surface area contributed by atoms with Crippen molar-refractivity contribution in [3.8, 4) is 29.0 Å². The molecule has 5 rings (SSSR count). The fraction of sp³-hybridized carbons (Fsp3) is 0.111. The Morgan fingerprint density at radius 1 is 1.08 bits per heavy atom. The van der Waals surface area contributed by atoms with Crippen LogP contribution in [-0.4, -0.2) is 31.6 Å². The molecule has 3 N–H and O–H groups in total. The van der Waals surface area contributed by atoms with Gasteiger partial charge in [-0.1, -0.05) is 36.4 Å². The second-order valence-electron chi connectivity index (χ2n) is 8.21. The zero-order valence-corrected chi connectivity index (χ0v) is 20.1. The largest absolute Gasteiger partial charge is 0.481 e. The molecule has 0 aliphatic heterocycles. The van der Waals surface area contributed by atoms with Gasteiger partial charge in [0.2, 0.25) is 11.8 Å². The van der Waals surface area contributed by atoms with Gasteiger partial charge >= 0.3 is 0 Å². The molecular formula is C27H22N8O2. The molecule has 2 aromatic carbocycles. The van der Waals surface area contributed by atoms with Gasteiger partial charge in [-0.25, -0.2) is 9.97 Å². The number of hydrogen-bond donors (Lipinski definition) is 2. The van der Waals surface area contributed by atoms with E-state index in [4.69, 9.17) is 10.5 Å². The van der Waals surface area contributed by atoms with E-state index in [9.17, 15) is 10.1 Å². The lowest BCUT2D eigenvalue weighted by molar-refractivity contribution is 0.397. The first-order valence-electron chi connectivity index (χ1n) is 11.4. The summed E-state index contributed by atoms with van der Waals surface area (Å²) in [4.78, 5) is 31.1. The Bertz CT molecular complexity index is 1710. The van der Waals surface area contributed by atoms with Crippen LogP contribution in [0, 0.1) is 11.3 Å². The molecule has 10 nitrogen and oxygen atoms in total. The molecule has 10 heteroatoms. The van der Waals surface area contributed by atoms with Crippen molar-refractivity contribution in [2.75, 3.05) is 18.2 Å². The minimum absolute atomic E-state index is 0.0376. The van der Waals surface area contributed by atoms with Gasteiger partial charge in [0.1, 0.15) is 17.5 Å². The molecule has 0 radical (unpaired) electrons. The zero-order chi connectivity index (χ0) is 25.9. The van der Waals surface area contributed by atoms with Crippen LogP contribution in [0.25, 0.3) is 27.8 Å². The molecule has 0 aliphatic rings. The first-order chi connectivity index (χ1) is 18.0. The number of ether oxygens (including phenoxy) is 1. The number of hydrogen-bond acceptors (Lipinski definition) is 9. The number of aromatic nitrogens is 5. The number of methoxy groups -OCH3 is 1. The smallest absolute Gasteiger partial charge is 0.264 e. The summed E-state index contributed by atoms with van der Waals surface area (Å²) in [6, 6.07) is 20.1. The average molecular weight is 491 g/mol. The minimum atomic E-state index is -0.435. The van der Waals surface area contributed by atoms with Crippen molar-refractivity contribution in [1.29, 1.82) is 5.26 Å². The van der Waals surface area contributed by atoms with E-state index in [0.29, 0.717) is 39.4 Å². The van der Waals surface area contributed by atoms with E-state index < -0.39 is 6.04 Å². The summed E-state index contributed by atoms with van der Waals surface area (Å²) in [5, 5.41) is 13.9. The highest BCUT2D eigenvalue weighted by atomic mass is 16.5. The molecule has 0 aliphatic carbocycles. The van der Waals surface area contributed by atoms with Crippen LogP contribution < -0.4 is 21.3 Å². The lowest BCUT2D eigenvalue weighted by Gasteiger charge is -2.22. The number of nitrogens with one attached hydrogen (secondary N) is 1. The monoisotopic (exact) mass is 490 g/mol. The van der Waals surface area contributed by atoms with Crippen molar-refractivity contribution in [2.45, 2.75) is 13.0 Å². The van der Waals surface area contributed by atoms with E-state index in [1.807, 2.05) is 61.5 Å². The van der Waals surface area contributed by atoms with Gasteiger partial charge < -0.3 is 15.8 Å². The normalized spacial score (nSPS) is 11.6. The fourth-order valence-electron chi connectivity index (χ4n) is 4.18. The standard InChI is InChI=1S/C27H22N8O2/c1-16(32-24-18(14-28)15-31-27(29)34-24)21-13-17-7-6-10-20(25-30-12-11-22(33-25)37-2)23(17)26(36)35(21)19-8-4-3-5-9-19/h3-13,15-16H,1-2H3,(H3,29,31,32,34). The lowest BCUT2D eigenvalue weighted by atomic mass is 10.0. The van der Waals surface area contributed by atoms with Crippen molar-refractivity contribution in [2.24, 2.45) is 0 Å². The molecule has 1 unspecified atom stereocenters. The first-order valence-corrected chi connectivity index (χ1v) is 11.4. The van der Waals surface area contributed by atoms with E-state index >= 15 is 0 Å². The molecule has 0 bridgehead atoms. The molecule has 1 atom stereocenters. The molecule has 0 amide bonds. The van der Waals surface area contributed by atoms with Crippen LogP contribution in [0.2, 0.25) is 0 Å². The topological polar surface area (TPSA) is 145 Å². The van der Waals surface area contributed by atoms with Crippen LogP contribution >= 0.6 is 0 Å². The maximum atomic E-state index is 14.2. The van der Waals surface area contributed by atoms with E-state index in [1.54, 1.807) is 16.8 Å². The predicted molar refractivity (Wildman–Crippen MR) is 140 cm³/mol. The third kappa shape index (κ3) is 4.41. The number of nitrogens with zero attached hydrogens (tertiary/aromatic N) is 6. The summed E-state index contributed by atoms with van der Waals surface area (Å²) >= 11 is 0. The van der Waals surface area contributed by atoms with Gasteiger partial charge in [0.25, 0.3) is 5.56 Å². The Hall–Kier alpha value is -5.30. The van der Waals surface area contributed by atoms with Crippen molar-refractivity contribution in [3.05, 3.63) is 94.7 Å². The Labute approximate surface area is 212 Å². The van der Waals surface area contributed by atoms with Gasteiger partial charge in [0, 0.05) is 29.2 Å². The number of anilines is 2. The van der Waals surface area contributed by atoms with Crippen molar-refractivity contribution < 1.29 is 4.74 Å². The van der Waals surface area contributed by atoms with Crippen LogP contribution in [0.15, 0.2) is 77.9 Å². The second-order valence-corrected chi connectivity index (χ2v) is 8.21. The minimum Gasteiger partial charge on any atom is -0.481 e. The molecule has 0 fully saturated rings. The average Bonchev–Trinajstić information content (AvgIpc) is 2.93. The highest BCUT2D eigenvalue weighted by Gasteiger charge is 2.21. The van der Waals surface area contributed by atoms with Crippen LogP contribution in [0.4, 0.5) is 11.8 Å². The SMILES string of the molecule is COc1ccnc(-c2cccc3cc(C(C)Nc4nc(N)ncc4C#N)n(-c4ccccc4)c(=O)c23)n1. The summed E-state index contributed by atoms with van der Waals surface area (Å²) < 4.78 is 6.90. The zero-order valence-electron chi connectivity index (χ0n) is 20.1. The van der Waals surface area contributed by atoms with E-state index in [-0.39, 0.29) is 22.9 Å². The highest BCUT2D eigenvalue weighted by Crippen LogP contribution is 2.29. The number of rotatable bonds is 6. The summed E-state index contributed by atoms with van der Waals surface area (Å²) in [5.74, 6) is 1.11. The van der Waals surface area contributed by atoms with Crippen LogP contribution in [-0.2, 0) is 0 Å². The number of pyridine rings is 1. The Morgan fingerprint density at radius 3 is 2.65 bits per heavy atom. The van der Waals surface area contributed by atoms with Gasteiger partial charge in [-0.2, -0.15) is 15.2 Å². The van der Waals surface area contributed by atoms with Gasteiger partial charge in [0.15, 0.2) is 5.82 Å². The van der Waals surface area contributed by atoms with Gasteiger partial charge in [-0.05, 0) is 30.5 Å². The van der Waals surface area contributed by atoms with Gasteiger partial charge in [0.05, 0.1) is 24.7 Å². The third-order valence-electron chi connectivity index (χ3n) is 5.89. The van der Waals surface area contributed by atoms with Gasteiger partial charge in [-0.3, -0.25) is 9.36 Å². The number of fused-ring (bicyclic) bond motifs is 1. The predicted octanol–water partition coefficient (Wildman–Crippen LogP) is 3.87. The molecule has 5 aromatic rings. The quantitative estimate of drug-likeness (QED) is 0.362. The second kappa shape index (κ2) is 9.75. The Kier molecular flexibility index (Phi) is 6.18. The Morgan fingerprint density at radius 2 is 1.89 bits per heavy atom. The molecule has 3 aromatic heterocycles. The Balaban J connectivity index is 1.74. The molecule has 0 spiro atoms. The number of nitriles is 1. The van der Waals surface area contributed by atoms with E-state index in [2.05, 4.69) is 31.3 Å². The van der Waals surface area contributed by atoms with Gasteiger partial charge in [-0.15, -0.1) is 0 Å². The molecule has 37 heavy (non-hydrogen) atoms. The van der Waals surface area contributed by atoms with Crippen LogP contribution in [0.1, 0.15) is 24.2 Å². The molecule has 3 heterocycles. The summed E-state index contributed by atoms with van der Waals surface area (Å²) in [6.07, 6.45) is 2.96. The molecular weight excluding hydrogens is 468 g/mol. The third-order valence-corrected chi connectivity index (χ3v) is 5.89. The number of para-hydroxylation sites is 1. The highest BCUT2D eigenvalue weighted by molar-refractivity contribution is 5.95. The van der Waals surface area contributed by atoms with Crippen molar-refractivity contribution >= 4 is 22.5 Å². The summed E-state index contributed by atoms with van der Waals surface area (Å²) in [5.41, 5.74) is 7.70. The number of nitrogen functional groups attached to an aromatic ring is 1. The van der Waals surface area contributed by atoms with Crippen LogP contribution in [0.3, 0.4) is 0 Å². The number of benzene rings is 2. The molecule has 0 saturated heterocycles. The first kappa shape index (κ1) is 23.4. The molecule has 182 valence electrons. The van der Waals surface area contributed by atoms with E-state index in [1.165, 1.54) is 13.3 Å².